The molecule has 0 aromatic heterocycles. The molecule has 0 aromatic carbocycles. The van der Waals surface area contributed by atoms with E-state index in [0.29, 0.717) is 13.1 Å². The second-order valence-electron chi connectivity index (χ2n) is 7.39. The number of nitrogens with one attached hydrogen (secondary N) is 1. The maximum Gasteiger partial charge on any atom is 0.193 e. The van der Waals surface area contributed by atoms with E-state index in [1.54, 1.807) is 20.9 Å². The first-order valence-electron chi connectivity index (χ1n) is 8.65. The Morgan fingerprint density at radius 3 is 2.50 bits per heavy atom. The Labute approximate surface area is 164 Å². The molecule has 0 aromatic rings. The van der Waals surface area contributed by atoms with Crippen LogP contribution in [0.25, 0.3) is 0 Å². The van der Waals surface area contributed by atoms with E-state index in [4.69, 9.17) is 0 Å². The van der Waals surface area contributed by atoms with Crippen LogP contribution >= 0.6 is 24.0 Å². The molecule has 8 heteroatoms. The highest BCUT2D eigenvalue weighted by molar-refractivity contribution is 14.0. The van der Waals surface area contributed by atoms with E-state index in [9.17, 15) is 8.42 Å². The third kappa shape index (κ3) is 5.20. The summed E-state index contributed by atoms with van der Waals surface area (Å²) < 4.78 is 23.5. The minimum atomic E-state index is -3.01. The maximum absolute atomic E-state index is 12.1. The van der Waals surface area contributed by atoms with Gasteiger partial charge in [0.2, 0.25) is 0 Å². The summed E-state index contributed by atoms with van der Waals surface area (Å²) in [6, 6.07) is 0.720. The van der Waals surface area contributed by atoms with Gasteiger partial charge in [-0.15, -0.1) is 24.0 Å². The van der Waals surface area contributed by atoms with E-state index in [1.807, 2.05) is 0 Å². The van der Waals surface area contributed by atoms with Gasteiger partial charge in [0, 0.05) is 39.3 Å². The highest BCUT2D eigenvalue weighted by atomic mass is 127. The zero-order chi connectivity index (χ0) is 17.1. The summed E-state index contributed by atoms with van der Waals surface area (Å²) in [6.45, 7) is 6.44. The second-order valence-corrected chi connectivity index (χ2v) is 10.1. The predicted octanol–water partition coefficient (Wildman–Crippen LogP) is 1.56. The van der Waals surface area contributed by atoms with Crippen LogP contribution in [0.5, 0.6) is 0 Å². The minimum absolute atomic E-state index is 0. The van der Waals surface area contributed by atoms with E-state index < -0.39 is 14.6 Å². The SMILES string of the molecule is CN=C(NCCN(C)C1CCCC1)N1CCS(=O)(=O)C(C)(C)C1.I. The standard InChI is InChI=1S/C16H32N4O2S.HI/c1-16(2)13-20(11-12-23(16,21)22)15(17-3)18-9-10-19(4)14-7-5-6-8-14;/h14H,5-13H2,1-4H3,(H,17,18);1H. The fourth-order valence-electron chi connectivity index (χ4n) is 3.53. The van der Waals surface area contributed by atoms with Crippen molar-refractivity contribution in [2.45, 2.75) is 50.3 Å². The molecule has 0 atom stereocenters. The Morgan fingerprint density at radius 2 is 1.96 bits per heavy atom. The zero-order valence-corrected chi connectivity index (χ0v) is 18.6. The summed E-state index contributed by atoms with van der Waals surface area (Å²) >= 11 is 0. The lowest BCUT2D eigenvalue weighted by molar-refractivity contribution is 0.247. The fraction of sp³-hybridized carbons (Fsp3) is 0.938. The number of aliphatic imine (C=N–C) groups is 1. The van der Waals surface area contributed by atoms with Crippen LogP contribution in [0.4, 0.5) is 0 Å². The molecule has 1 aliphatic heterocycles. The van der Waals surface area contributed by atoms with Crippen molar-refractivity contribution in [2.75, 3.05) is 46.0 Å². The minimum Gasteiger partial charge on any atom is -0.355 e. The zero-order valence-electron chi connectivity index (χ0n) is 15.4. The van der Waals surface area contributed by atoms with Gasteiger partial charge in [0.1, 0.15) is 0 Å². The molecule has 1 heterocycles. The lowest BCUT2D eigenvalue weighted by atomic mass is 10.2. The number of guanidine groups is 1. The predicted molar refractivity (Wildman–Crippen MR) is 111 cm³/mol. The molecule has 6 nitrogen and oxygen atoms in total. The molecule has 0 amide bonds. The molecule has 0 bridgehead atoms. The molecular formula is C16H33IN4O2S. The number of halogens is 1. The summed E-state index contributed by atoms with van der Waals surface area (Å²) in [5.41, 5.74) is 0. The van der Waals surface area contributed by atoms with Crippen molar-refractivity contribution in [1.29, 1.82) is 0 Å². The molecular weight excluding hydrogens is 439 g/mol. The highest BCUT2D eigenvalue weighted by Crippen LogP contribution is 2.24. The van der Waals surface area contributed by atoms with Crippen LogP contribution in [0.2, 0.25) is 0 Å². The molecule has 24 heavy (non-hydrogen) atoms. The largest absolute Gasteiger partial charge is 0.355 e. The van der Waals surface area contributed by atoms with E-state index in [-0.39, 0.29) is 29.7 Å². The molecule has 1 aliphatic carbocycles. The van der Waals surface area contributed by atoms with Crippen molar-refractivity contribution in [3.8, 4) is 0 Å². The van der Waals surface area contributed by atoms with Gasteiger partial charge in [0.15, 0.2) is 15.8 Å². The highest BCUT2D eigenvalue weighted by Gasteiger charge is 2.40. The number of hydrogen-bond donors (Lipinski definition) is 1. The van der Waals surface area contributed by atoms with Gasteiger partial charge in [-0.05, 0) is 33.7 Å². The third-order valence-electron chi connectivity index (χ3n) is 5.25. The molecule has 0 unspecified atom stereocenters. The summed E-state index contributed by atoms with van der Waals surface area (Å²) in [5.74, 6) is 1.01. The molecule has 1 N–H and O–H groups in total. The van der Waals surface area contributed by atoms with E-state index in [1.165, 1.54) is 25.7 Å². The summed E-state index contributed by atoms with van der Waals surface area (Å²) in [6.07, 6.45) is 5.32. The van der Waals surface area contributed by atoms with Gasteiger partial charge >= 0.3 is 0 Å². The lowest BCUT2D eigenvalue weighted by Gasteiger charge is -2.39. The van der Waals surface area contributed by atoms with E-state index in [0.717, 1.165) is 25.1 Å². The van der Waals surface area contributed by atoms with Crippen molar-refractivity contribution in [3.63, 3.8) is 0 Å². The Hall–Kier alpha value is -0.0900. The average molecular weight is 472 g/mol. The van der Waals surface area contributed by atoms with Crippen LogP contribution in [0.15, 0.2) is 4.99 Å². The Kier molecular flexibility index (Phi) is 8.25. The van der Waals surface area contributed by atoms with Crippen molar-refractivity contribution in [2.24, 2.45) is 4.99 Å². The lowest BCUT2D eigenvalue weighted by Crippen LogP contribution is -2.57. The molecule has 2 rings (SSSR count). The fourth-order valence-corrected chi connectivity index (χ4v) is 4.89. The first-order chi connectivity index (χ1) is 10.8. The number of rotatable bonds is 4. The van der Waals surface area contributed by atoms with Crippen LogP contribution < -0.4 is 5.32 Å². The Balaban J connectivity index is 0.00000288. The normalized spacial score (nSPS) is 24.0. The topological polar surface area (TPSA) is 65.0 Å². The van der Waals surface area contributed by atoms with Gasteiger partial charge in [-0.2, -0.15) is 0 Å². The number of nitrogens with zero attached hydrogens (tertiary/aromatic N) is 3. The van der Waals surface area contributed by atoms with Gasteiger partial charge in [-0.3, -0.25) is 4.99 Å². The second kappa shape index (κ2) is 9.02. The summed E-state index contributed by atoms with van der Waals surface area (Å²) in [5, 5.41) is 3.40. The quantitative estimate of drug-likeness (QED) is 0.382. The molecule has 1 saturated heterocycles. The smallest absolute Gasteiger partial charge is 0.193 e. The third-order valence-corrected chi connectivity index (χ3v) is 7.78. The van der Waals surface area contributed by atoms with Gasteiger partial charge in [-0.25, -0.2) is 8.42 Å². The monoisotopic (exact) mass is 472 g/mol. The van der Waals surface area contributed by atoms with Crippen molar-refractivity contribution in [3.05, 3.63) is 0 Å². The number of sulfone groups is 1. The van der Waals surface area contributed by atoms with Gasteiger partial charge in [-0.1, -0.05) is 12.8 Å². The Bertz CT molecular complexity index is 530. The molecule has 0 radical (unpaired) electrons. The van der Waals surface area contributed by atoms with Crippen LogP contribution in [0.3, 0.4) is 0 Å². The van der Waals surface area contributed by atoms with Crippen LogP contribution in [0.1, 0.15) is 39.5 Å². The van der Waals surface area contributed by atoms with E-state index >= 15 is 0 Å². The van der Waals surface area contributed by atoms with Crippen molar-refractivity contribution < 1.29 is 8.42 Å². The van der Waals surface area contributed by atoms with Crippen molar-refractivity contribution in [1.82, 2.24) is 15.1 Å². The first-order valence-corrected chi connectivity index (χ1v) is 10.3. The maximum atomic E-state index is 12.1. The first kappa shape index (κ1) is 22.0. The summed E-state index contributed by atoms with van der Waals surface area (Å²) in [4.78, 5) is 8.83. The average Bonchev–Trinajstić information content (AvgIpc) is 3.01. The molecule has 1 saturated carbocycles. The molecule has 2 aliphatic rings. The van der Waals surface area contributed by atoms with Gasteiger partial charge < -0.3 is 15.1 Å². The van der Waals surface area contributed by atoms with E-state index in [2.05, 4.69) is 27.2 Å². The van der Waals surface area contributed by atoms with Crippen LogP contribution in [-0.4, -0.2) is 81.0 Å². The number of likely N-dealkylation sites (N-methyl/N-ethyl adjacent to an activating group) is 1. The number of hydrogen-bond acceptors (Lipinski definition) is 4. The molecule has 142 valence electrons. The Morgan fingerprint density at radius 1 is 1.33 bits per heavy atom. The molecule has 2 fully saturated rings. The van der Waals surface area contributed by atoms with Crippen molar-refractivity contribution >= 4 is 39.8 Å². The van der Waals surface area contributed by atoms with Gasteiger partial charge in [0.05, 0.1) is 10.5 Å². The van der Waals surface area contributed by atoms with Crippen LogP contribution in [0, 0.1) is 0 Å². The van der Waals surface area contributed by atoms with Crippen LogP contribution in [-0.2, 0) is 9.84 Å². The van der Waals surface area contributed by atoms with Gasteiger partial charge in [0.25, 0.3) is 0 Å². The summed E-state index contributed by atoms with van der Waals surface area (Å²) in [7, 11) is 0.941. The molecule has 0 spiro atoms.